The average Bonchev–Trinajstić information content (AvgIpc) is 2.42. The molecule has 0 fully saturated rings. The van der Waals surface area contributed by atoms with Gasteiger partial charge in [0.05, 0.1) is 13.0 Å². The minimum Gasteiger partial charge on any atom is -0.381 e. The maximum Gasteiger partial charge on any atom is 0.226 e. The Balaban J connectivity index is 0.00000137. The number of rotatable bonds is 6. The van der Waals surface area contributed by atoms with E-state index in [2.05, 4.69) is 5.32 Å². The van der Waals surface area contributed by atoms with Gasteiger partial charge in [0, 0.05) is 18.8 Å². The molecule has 0 aliphatic carbocycles. The van der Waals surface area contributed by atoms with Crippen LogP contribution in [0.3, 0.4) is 0 Å². The van der Waals surface area contributed by atoms with Crippen LogP contribution in [-0.4, -0.2) is 19.1 Å². The number of benzene rings is 1. The Hall–Kier alpha value is -1.39. The summed E-state index contributed by atoms with van der Waals surface area (Å²) in [5.41, 5.74) is 7.29. The molecular weight excluding hydrogens is 228 g/mol. The van der Waals surface area contributed by atoms with Crippen LogP contribution >= 0.6 is 0 Å². The molecule has 0 aliphatic rings. The van der Waals surface area contributed by atoms with Gasteiger partial charge in [-0.15, -0.1) is 0 Å². The summed E-state index contributed by atoms with van der Waals surface area (Å²) < 4.78 is 5.11. The van der Waals surface area contributed by atoms with Crippen molar-refractivity contribution in [2.24, 2.45) is 5.73 Å². The van der Waals surface area contributed by atoms with E-state index < -0.39 is 0 Å². The maximum absolute atomic E-state index is 11.5. The molecule has 18 heavy (non-hydrogen) atoms. The molecule has 0 heterocycles. The Morgan fingerprint density at radius 1 is 1.33 bits per heavy atom. The van der Waals surface area contributed by atoms with Crippen LogP contribution in [0.1, 0.15) is 32.8 Å². The fraction of sp³-hybridized carbons (Fsp3) is 0.500. The number of nitrogens with one attached hydrogen (secondary N) is 1. The SMILES string of the molecule is CC.CCOCCC(=O)Nc1ccccc1CN. The van der Waals surface area contributed by atoms with E-state index in [4.69, 9.17) is 10.5 Å². The minimum absolute atomic E-state index is 0.0469. The van der Waals surface area contributed by atoms with Gasteiger partial charge in [-0.05, 0) is 18.6 Å². The zero-order valence-corrected chi connectivity index (χ0v) is 11.5. The molecule has 1 aromatic carbocycles. The largest absolute Gasteiger partial charge is 0.381 e. The molecule has 1 rings (SSSR count). The molecule has 102 valence electrons. The van der Waals surface area contributed by atoms with Crippen molar-refractivity contribution in [3.8, 4) is 0 Å². The van der Waals surface area contributed by atoms with Gasteiger partial charge in [0.1, 0.15) is 0 Å². The van der Waals surface area contributed by atoms with Gasteiger partial charge in [0.2, 0.25) is 5.91 Å². The first-order valence-corrected chi connectivity index (χ1v) is 6.43. The summed E-state index contributed by atoms with van der Waals surface area (Å²) in [6, 6.07) is 7.52. The van der Waals surface area contributed by atoms with Crippen LogP contribution in [0.4, 0.5) is 5.69 Å². The van der Waals surface area contributed by atoms with Crippen LogP contribution in [0.2, 0.25) is 0 Å². The van der Waals surface area contributed by atoms with Gasteiger partial charge in [-0.2, -0.15) is 0 Å². The predicted molar refractivity (Wildman–Crippen MR) is 75.4 cm³/mol. The summed E-state index contributed by atoms with van der Waals surface area (Å²) in [6.07, 6.45) is 0.368. The van der Waals surface area contributed by atoms with E-state index in [0.29, 0.717) is 26.2 Å². The van der Waals surface area contributed by atoms with Crippen molar-refractivity contribution in [3.05, 3.63) is 29.8 Å². The first-order valence-electron chi connectivity index (χ1n) is 6.43. The number of nitrogens with two attached hydrogens (primary N) is 1. The first kappa shape index (κ1) is 16.6. The molecule has 3 N–H and O–H groups in total. The van der Waals surface area contributed by atoms with Crippen molar-refractivity contribution >= 4 is 11.6 Å². The zero-order chi connectivity index (χ0) is 13.8. The van der Waals surface area contributed by atoms with Gasteiger partial charge < -0.3 is 15.8 Å². The minimum atomic E-state index is -0.0469. The molecule has 4 nitrogen and oxygen atoms in total. The average molecular weight is 252 g/mol. The third-order valence-corrected chi connectivity index (χ3v) is 2.19. The van der Waals surface area contributed by atoms with E-state index in [1.54, 1.807) is 0 Å². The zero-order valence-electron chi connectivity index (χ0n) is 11.5. The molecule has 0 aliphatic heterocycles. The summed E-state index contributed by atoms with van der Waals surface area (Å²) in [7, 11) is 0. The van der Waals surface area contributed by atoms with Crippen molar-refractivity contribution in [1.29, 1.82) is 0 Å². The van der Waals surface area contributed by atoms with E-state index in [0.717, 1.165) is 11.3 Å². The molecule has 1 amide bonds. The van der Waals surface area contributed by atoms with Crippen LogP contribution in [0.5, 0.6) is 0 Å². The lowest BCUT2D eigenvalue weighted by molar-refractivity contribution is -0.117. The Morgan fingerprint density at radius 2 is 2.00 bits per heavy atom. The fourth-order valence-corrected chi connectivity index (χ4v) is 1.34. The quantitative estimate of drug-likeness (QED) is 0.765. The number of amides is 1. The van der Waals surface area contributed by atoms with Crippen molar-refractivity contribution in [3.63, 3.8) is 0 Å². The second kappa shape index (κ2) is 10.7. The van der Waals surface area contributed by atoms with E-state index >= 15 is 0 Å². The van der Waals surface area contributed by atoms with E-state index in [1.165, 1.54) is 0 Å². The number of para-hydroxylation sites is 1. The summed E-state index contributed by atoms with van der Waals surface area (Å²) in [5, 5.41) is 2.82. The Morgan fingerprint density at radius 3 is 2.61 bits per heavy atom. The van der Waals surface area contributed by atoms with Crippen LogP contribution in [0.15, 0.2) is 24.3 Å². The van der Waals surface area contributed by atoms with Crippen molar-refractivity contribution in [1.82, 2.24) is 0 Å². The lowest BCUT2D eigenvalue weighted by Crippen LogP contribution is -2.16. The summed E-state index contributed by atoms with van der Waals surface area (Å²) >= 11 is 0. The number of anilines is 1. The number of hydrogen-bond donors (Lipinski definition) is 2. The van der Waals surface area contributed by atoms with Gasteiger partial charge in [-0.3, -0.25) is 4.79 Å². The molecule has 1 aromatic rings. The first-order chi connectivity index (χ1) is 8.77. The van der Waals surface area contributed by atoms with Gasteiger partial charge >= 0.3 is 0 Å². The highest BCUT2D eigenvalue weighted by Gasteiger charge is 2.04. The highest BCUT2D eigenvalue weighted by molar-refractivity contribution is 5.91. The van der Waals surface area contributed by atoms with Gasteiger partial charge in [-0.1, -0.05) is 32.0 Å². The van der Waals surface area contributed by atoms with Gasteiger partial charge in [0.15, 0.2) is 0 Å². The molecule has 0 atom stereocenters. The van der Waals surface area contributed by atoms with Gasteiger partial charge in [-0.25, -0.2) is 0 Å². The second-order valence-electron chi connectivity index (χ2n) is 3.36. The van der Waals surface area contributed by atoms with E-state index in [9.17, 15) is 4.79 Å². The number of carbonyl (C=O) groups excluding carboxylic acids is 1. The fourth-order valence-electron chi connectivity index (χ4n) is 1.34. The smallest absolute Gasteiger partial charge is 0.226 e. The molecule has 0 aromatic heterocycles. The van der Waals surface area contributed by atoms with Crippen LogP contribution < -0.4 is 11.1 Å². The number of carbonyl (C=O) groups is 1. The number of ether oxygens (including phenoxy) is 1. The Kier molecular flexibility index (Phi) is 9.91. The third kappa shape index (κ3) is 6.37. The topological polar surface area (TPSA) is 64.3 Å². The molecule has 0 spiro atoms. The third-order valence-electron chi connectivity index (χ3n) is 2.19. The standard InChI is InChI=1S/C12H18N2O2.C2H6/c1-2-16-8-7-12(15)14-11-6-4-3-5-10(11)9-13;1-2/h3-6H,2,7-9,13H2,1H3,(H,14,15);1-2H3. The van der Waals surface area contributed by atoms with Crippen molar-refractivity contribution in [2.45, 2.75) is 33.7 Å². The van der Waals surface area contributed by atoms with Crippen molar-refractivity contribution in [2.75, 3.05) is 18.5 Å². The Labute approximate surface area is 110 Å². The summed E-state index contributed by atoms with van der Waals surface area (Å²) in [4.78, 5) is 11.5. The predicted octanol–water partition coefficient (Wildman–Crippen LogP) is 2.54. The van der Waals surface area contributed by atoms with Crippen molar-refractivity contribution < 1.29 is 9.53 Å². The lowest BCUT2D eigenvalue weighted by atomic mass is 10.2. The van der Waals surface area contributed by atoms with E-state index in [1.807, 2.05) is 45.0 Å². The molecule has 0 saturated heterocycles. The Bertz CT molecular complexity index is 340. The van der Waals surface area contributed by atoms with Crippen LogP contribution in [0.25, 0.3) is 0 Å². The normalized spacial score (nSPS) is 9.33. The molecule has 0 unspecified atom stereocenters. The second-order valence-corrected chi connectivity index (χ2v) is 3.36. The highest BCUT2D eigenvalue weighted by atomic mass is 16.5. The highest BCUT2D eigenvalue weighted by Crippen LogP contribution is 2.14. The van der Waals surface area contributed by atoms with E-state index in [-0.39, 0.29) is 5.91 Å². The van der Waals surface area contributed by atoms with Gasteiger partial charge in [0.25, 0.3) is 0 Å². The maximum atomic E-state index is 11.5. The summed E-state index contributed by atoms with van der Waals surface area (Å²) in [5.74, 6) is -0.0469. The molecule has 0 saturated carbocycles. The molecular formula is C14H24N2O2. The summed E-state index contributed by atoms with van der Waals surface area (Å²) in [6.45, 7) is 7.41. The number of hydrogen-bond acceptors (Lipinski definition) is 3. The molecule has 4 heteroatoms. The van der Waals surface area contributed by atoms with Crippen LogP contribution in [0, 0.1) is 0 Å². The lowest BCUT2D eigenvalue weighted by Gasteiger charge is -2.09. The monoisotopic (exact) mass is 252 g/mol. The molecule has 0 radical (unpaired) electrons. The molecule has 0 bridgehead atoms. The van der Waals surface area contributed by atoms with Crippen LogP contribution in [-0.2, 0) is 16.1 Å².